The van der Waals surface area contributed by atoms with Gasteiger partial charge in [-0.2, -0.15) is 0 Å². The van der Waals surface area contributed by atoms with E-state index in [-0.39, 0.29) is 31.3 Å². The predicted octanol–water partition coefficient (Wildman–Crippen LogP) is 4.44. The molecule has 228 valence electrons. The molecule has 10 nitrogen and oxygen atoms in total. The third-order valence-corrected chi connectivity index (χ3v) is 7.76. The smallest absolute Gasteiger partial charge is 0.408 e. The minimum Gasteiger partial charge on any atom is -0.467 e. The van der Waals surface area contributed by atoms with Gasteiger partial charge in [-0.05, 0) is 60.6 Å². The Morgan fingerprint density at radius 1 is 1.02 bits per heavy atom. The number of ether oxygens (including phenoxy) is 2. The highest BCUT2D eigenvalue weighted by Crippen LogP contribution is 2.27. The van der Waals surface area contributed by atoms with E-state index >= 15 is 0 Å². The Labute approximate surface area is 252 Å². The second kappa shape index (κ2) is 17.3. The number of pyridine rings is 1. The minimum atomic E-state index is -1.04. The molecule has 11 heteroatoms. The van der Waals surface area contributed by atoms with Crippen molar-refractivity contribution in [1.82, 2.24) is 20.5 Å². The van der Waals surface area contributed by atoms with Crippen LogP contribution in [-0.2, 0) is 36.9 Å². The van der Waals surface area contributed by atoms with Crippen molar-refractivity contribution >= 4 is 35.5 Å². The number of halogens is 1. The summed E-state index contributed by atoms with van der Waals surface area (Å²) in [5.74, 6) is -1.08. The largest absolute Gasteiger partial charge is 0.467 e. The highest BCUT2D eigenvalue weighted by molar-refractivity contribution is 6.30. The molecule has 3 rings (SSSR count). The summed E-state index contributed by atoms with van der Waals surface area (Å²) in [5, 5.41) is 5.93. The molecule has 42 heavy (non-hydrogen) atoms. The van der Waals surface area contributed by atoms with Crippen molar-refractivity contribution in [2.45, 2.75) is 76.5 Å². The van der Waals surface area contributed by atoms with Crippen LogP contribution in [0.15, 0.2) is 48.8 Å². The van der Waals surface area contributed by atoms with Crippen LogP contribution in [0.3, 0.4) is 0 Å². The lowest BCUT2D eigenvalue weighted by Gasteiger charge is -2.27. The molecular formula is C31H41ClN4O6. The van der Waals surface area contributed by atoms with Gasteiger partial charge >= 0.3 is 12.1 Å². The van der Waals surface area contributed by atoms with Gasteiger partial charge in [0, 0.05) is 37.4 Å². The average molecular weight is 601 g/mol. The Hall–Kier alpha value is -3.66. The Morgan fingerprint density at radius 3 is 2.45 bits per heavy atom. The van der Waals surface area contributed by atoms with Gasteiger partial charge in [0.1, 0.15) is 18.7 Å². The summed E-state index contributed by atoms with van der Waals surface area (Å²) in [5.41, 5.74) is 1.78. The second-order valence-electron chi connectivity index (χ2n) is 10.7. The maximum atomic E-state index is 13.4. The summed E-state index contributed by atoms with van der Waals surface area (Å²) in [6.45, 7) is 0.495. The normalized spacial score (nSPS) is 14.7. The van der Waals surface area contributed by atoms with Gasteiger partial charge in [-0.3, -0.25) is 14.6 Å². The monoisotopic (exact) mass is 600 g/mol. The van der Waals surface area contributed by atoms with Gasteiger partial charge in [0.05, 0.1) is 7.11 Å². The molecule has 1 fully saturated rings. The molecule has 0 saturated heterocycles. The number of hydrogen-bond donors (Lipinski definition) is 2. The fourth-order valence-corrected chi connectivity index (χ4v) is 5.25. The molecule has 1 aliphatic carbocycles. The van der Waals surface area contributed by atoms with Crippen molar-refractivity contribution in [2.24, 2.45) is 5.92 Å². The Kier molecular flexibility index (Phi) is 13.6. The topological polar surface area (TPSA) is 127 Å². The number of rotatable bonds is 14. The number of nitrogens with one attached hydrogen (secondary N) is 2. The van der Waals surface area contributed by atoms with Crippen LogP contribution < -0.4 is 10.6 Å². The highest BCUT2D eigenvalue weighted by atomic mass is 35.5. The summed E-state index contributed by atoms with van der Waals surface area (Å²) >= 11 is 6.01. The van der Waals surface area contributed by atoms with Gasteiger partial charge in [0.15, 0.2) is 0 Å². The molecule has 2 aromatic rings. The Bertz CT molecular complexity index is 1180. The molecular weight excluding hydrogens is 560 g/mol. The van der Waals surface area contributed by atoms with E-state index in [2.05, 4.69) is 15.6 Å². The van der Waals surface area contributed by atoms with E-state index in [1.54, 1.807) is 48.6 Å². The predicted molar refractivity (Wildman–Crippen MR) is 159 cm³/mol. The number of carbonyl (C=O) groups is 4. The quantitative estimate of drug-likeness (QED) is 0.307. The van der Waals surface area contributed by atoms with E-state index < -0.39 is 30.1 Å². The molecule has 1 aromatic heterocycles. The molecule has 0 bridgehead atoms. The minimum absolute atomic E-state index is 0.00820. The summed E-state index contributed by atoms with van der Waals surface area (Å²) in [6, 6.07) is 8.79. The van der Waals surface area contributed by atoms with Crippen molar-refractivity contribution in [3.05, 3.63) is 64.9 Å². The number of nitrogens with zero attached hydrogens (tertiary/aromatic N) is 2. The number of alkyl carbamates (subject to hydrolysis) is 1. The van der Waals surface area contributed by atoms with Crippen molar-refractivity contribution in [3.8, 4) is 0 Å². The van der Waals surface area contributed by atoms with Crippen molar-refractivity contribution in [1.29, 1.82) is 0 Å². The van der Waals surface area contributed by atoms with Crippen LogP contribution in [0, 0.1) is 5.92 Å². The molecule has 2 N–H and O–H groups in total. The van der Waals surface area contributed by atoms with Crippen LogP contribution in [0.1, 0.15) is 62.5 Å². The standard InChI is InChI=1S/C31H41ClN4O6/c1-36(18-15-22-13-16-33-17-14-22)28(37)12-11-26(30(39)41-2)34-29(38)27(20-23-7-4-3-5-8-23)35-31(40)42-21-24-9-6-10-25(32)19-24/h6,9-10,13-14,16-17,19,23,26-27H,3-5,7-8,11-12,15,18,20-21H2,1-2H3,(H,34,38)(H,35,40)/t26-,27-/m0/s1. The van der Waals surface area contributed by atoms with Gasteiger partial charge in [0.2, 0.25) is 11.8 Å². The molecule has 1 heterocycles. The first-order chi connectivity index (χ1) is 20.2. The number of benzene rings is 1. The second-order valence-corrected chi connectivity index (χ2v) is 11.1. The molecule has 0 unspecified atom stereocenters. The van der Waals surface area contributed by atoms with E-state index in [0.717, 1.165) is 37.7 Å². The van der Waals surface area contributed by atoms with Gasteiger partial charge < -0.3 is 25.0 Å². The first kappa shape index (κ1) is 32.8. The lowest BCUT2D eigenvalue weighted by Crippen LogP contribution is -2.52. The maximum Gasteiger partial charge on any atom is 0.408 e. The van der Waals surface area contributed by atoms with Gasteiger partial charge in [-0.25, -0.2) is 9.59 Å². The van der Waals surface area contributed by atoms with Crippen molar-refractivity contribution in [2.75, 3.05) is 20.7 Å². The number of esters is 1. The molecule has 0 aliphatic heterocycles. The maximum absolute atomic E-state index is 13.4. The third-order valence-electron chi connectivity index (χ3n) is 7.52. The summed E-state index contributed by atoms with van der Waals surface area (Å²) < 4.78 is 10.3. The zero-order valence-electron chi connectivity index (χ0n) is 24.4. The zero-order chi connectivity index (χ0) is 30.3. The van der Waals surface area contributed by atoms with E-state index in [4.69, 9.17) is 21.1 Å². The fourth-order valence-electron chi connectivity index (χ4n) is 5.04. The van der Waals surface area contributed by atoms with Crippen molar-refractivity contribution < 1.29 is 28.7 Å². The van der Waals surface area contributed by atoms with Crippen LogP contribution in [0.4, 0.5) is 4.79 Å². The molecule has 3 amide bonds. The zero-order valence-corrected chi connectivity index (χ0v) is 25.1. The third kappa shape index (κ3) is 11.3. The summed E-state index contributed by atoms with van der Waals surface area (Å²) in [6.07, 6.45) is 9.07. The average Bonchev–Trinajstić information content (AvgIpc) is 3.00. The number of carbonyl (C=O) groups excluding carboxylic acids is 4. The summed E-state index contributed by atoms with van der Waals surface area (Å²) in [7, 11) is 2.93. The van der Waals surface area contributed by atoms with Crippen molar-refractivity contribution in [3.63, 3.8) is 0 Å². The van der Waals surface area contributed by atoms with Crippen LogP contribution >= 0.6 is 11.6 Å². The van der Waals surface area contributed by atoms with E-state index in [1.165, 1.54) is 7.11 Å². The lowest BCUT2D eigenvalue weighted by molar-refractivity contribution is -0.145. The van der Waals surface area contributed by atoms with E-state index in [9.17, 15) is 19.2 Å². The fraction of sp³-hybridized carbons (Fsp3) is 0.516. The molecule has 1 aliphatic rings. The van der Waals surface area contributed by atoms with Crippen LogP contribution in [-0.4, -0.2) is 66.5 Å². The number of hydrogen-bond acceptors (Lipinski definition) is 7. The molecule has 0 radical (unpaired) electrons. The number of aromatic nitrogens is 1. The molecule has 1 saturated carbocycles. The molecule has 2 atom stereocenters. The Balaban J connectivity index is 1.58. The van der Waals surface area contributed by atoms with Gasteiger partial charge in [0.25, 0.3) is 0 Å². The van der Waals surface area contributed by atoms with Crippen LogP contribution in [0.25, 0.3) is 0 Å². The Morgan fingerprint density at radius 2 is 1.76 bits per heavy atom. The van der Waals surface area contributed by atoms with E-state index in [0.29, 0.717) is 30.0 Å². The SMILES string of the molecule is COC(=O)[C@H](CCC(=O)N(C)CCc1ccncc1)NC(=O)[C@H](CC1CCCCC1)NC(=O)OCc1cccc(Cl)c1. The first-order valence-corrected chi connectivity index (χ1v) is 14.8. The molecule has 0 spiro atoms. The number of likely N-dealkylation sites (N-methyl/N-ethyl adjacent to an activating group) is 1. The lowest BCUT2D eigenvalue weighted by atomic mass is 9.84. The molecule has 1 aromatic carbocycles. The van der Waals surface area contributed by atoms with Crippen LogP contribution in [0.5, 0.6) is 0 Å². The van der Waals surface area contributed by atoms with Gasteiger partial charge in [-0.15, -0.1) is 0 Å². The number of amides is 3. The highest BCUT2D eigenvalue weighted by Gasteiger charge is 2.30. The first-order valence-electron chi connectivity index (χ1n) is 14.4. The van der Waals surface area contributed by atoms with Gasteiger partial charge in [-0.1, -0.05) is 55.8 Å². The summed E-state index contributed by atoms with van der Waals surface area (Å²) in [4.78, 5) is 57.1. The number of methoxy groups -OCH3 is 1. The van der Waals surface area contributed by atoms with Crippen LogP contribution in [0.2, 0.25) is 5.02 Å². The van der Waals surface area contributed by atoms with E-state index in [1.807, 2.05) is 12.1 Å².